The molecule has 0 aliphatic rings. The predicted molar refractivity (Wildman–Crippen MR) is 69.6 cm³/mol. The number of carbonyl (C=O) groups is 2. The molecule has 1 rings (SSSR count). The van der Waals surface area contributed by atoms with Crippen molar-refractivity contribution in [2.24, 2.45) is 0 Å². The Kier molecular flexibility index (Phi) is 5.51. The van der Waals surface area contributed by atoms with Crippen molar-refractivity contribution >= 4 is 23.2 Å². The van der Waals surface area contributed by atoms with Gasteiger partial charge in [-0.1, -0.05) is 6.08 Å². The maximum Gasteiger partial charge on any atom is 0.325 e. The molecule has 0 spiro atoms. The second-order valence-electron chi connectivity index (χ2n) is 3.52. The van der Waals surface area contributed by atoms with Crippen LogP contribution in [0.5, 0.6) is 0 Å². The standard InChI is InChI=1S/C12H16N2O3S/c1-4-6-14(8-11(15)17-5-2)12(16)10-7-13-9(3)18-10/h4,7H,1,5-6,8H2,2-3H3. The second kappa shape index (κ2) is 6.90. The number of thiazole rings is 1. The highest BCUT2D eigenvalue weighted by molar-refractivity contribution is 7.13. The minimum absolute atomic E-state index is 0.0738. The van der Waals surface area contributed by atoms with Gasteiger partial charge in [-0.3, -0.25) is 9.59 Å². The zero-order valence-corrected chi connectivity index (χ0v) is 11.3. The topological polar surface area (TPSA) is 59.5 Å². The largest absolute Gasteiger partial charge is 0.465 e. The summed E-state index contributed by atoms with van der Waals surface area (Å²) >= 11 is 1.30. The maximum atomic E-state index is 12.1. The number of esters is 1. The fourth-order valence-electron chi connectivity index (χ4n) is 1.35. The predicted octanol–water partition coefficient (Wildman–Crippen LogP) is 1.64. The lowest BCUT2D eigenvalue weighted by atomic mass is 10.4. The molecule has 0 aliphatic carbocycles. The Hall–Kier alpha value is -1.69. The first-order valence-corrected chi connectivity index (χ1v) is 6.38. The third-order valence-corrected chi connectivity index (χ3v) is 2.99. The van der Waals surface area contributed by atoms with Crippen molar-refractivity contribution in [1.29, 1.82) is 0 Å². The van der Waals surface area contributed by atoms with Gasteiger partial charge in [0.05, 0.1) is 17.8 Å². The monoisotopic (exact) mass is 268 g/mol. The zero-order chi connectivity index (χ0) is 13.5. The van der Waals surface area contributed by atoms with E-state index in [1.165, 1.54) is 22.4 Å². The van der Waals surface area contributed by atoms with Crippen LogP contribution in [0.15, 0.2) is 18.9 Å². The molecule has 0 aromatic carbocycles. The molecule has 0 atom stereocenters. The molecule has 0 aliphatic heterocycles. The number of nitrogens with zero attached hydrogens (tertiary/aromatic N) is 2. The number of amides is 1. The van der Waals surface area contributed by atoms with Crippen molar-refractivity contribution in [2.75, 3.05) is 19.7 Å². The summed E-state index contributed by atoms with van der Waals surface area (Å²) in [6.45, 7) is 7.65. The van der Waals surface area contributed by atoms with Gasteiger partial charge in [-0.15, -0.1) is 17.9 Å². The van der Waals surface area contributed by atoms with E-state index in [1.807, 2.05) is 6.92 Å². The van der Waals surface area contributed by atoms with Crippen LogP contribution in [-0.2, 0) is 9.53 Å². The summed E-state index contributed by atoms with van der Waals surface area (Å²) in [5.41, 5.74) is 0. The number of ether oxygens (including phenoxy) is 1. The number of carbonyl (C=O) groups excluding carboxylic acids is 2. The van der Waals surface area contributed by atoms with Crippen molar-refractivity contribution in [3.05, 3.63) is 28.7 Å². The van der Waals surface area contributed by atoms with E-state index in [4.69, 9.17) is 4.74 Å². The van der Waals surface area contributed by atoms with Gasteiger partial charge in [-0.05, 0) is 13.8 Å². The second-order valence-corrected chi connectivity index (χ2v) is 4.76. The van der Waals surface area contributed by atoms with Gasteiger partial charge in [-0.2, -0.15) is 0 Å². The van der Waals surface area contributed by atoms with Gasteiger partial charge < -0.3 is 9.64 Å². The van der Waals surface area contributed by atoms with Crippen LogP contribution >= 0.6 is 11.3 Å². The fraction of sp³-hybridized carbons (Fsp3) is 0.417. The number of hydrogen-bond donors (Lipinski definition) is 0. The van der Waals surface area contributed by atoms with E-state index in [1.54, 1.807) is 13.0 Å². The Morgan fingerprint density at radius 2 is 2.33 bits per heavy atom. The summed E-state index contributed by atoms with van der Waals surface area (Å²) in [5, 5.41) is 0.813. The lowest BCUT2D eigenvalue weighted by molar-refractivity contribution is -0.143. The summed E-state index contributed by atoms with van der Waals surface area (Å²) in [7, 11) is 0. The average Bonchev–Trinajstić information content (AvgIpc) is 2.75. The molecule has 98 valence electrons. The zero-order valence-electron chi connectivity index (χ0n) is 10.5. The van der Waals surface area contributed by atoms with Crippen LogP contribution < -0.4 is 0 Å². The Labute approximate surface area is 110 Å². The Morgan fingerprint density at radius 1 is 1.61 bits per heavy atom. The molecule has 1 aromatic rings. The summed E-state index contributed by atoms with van der Waals surface area (Å²) < 4.78 is 4.83. The van der Waals surface area contributed by atoms with Crippen molar-refractivity contribution in [3.63, 3.8) is 0 Å². The van der Waals surface area contributed by atoms with E-state index >= 15 is 0 Å². The summed E-state index contributed by atoms with van der Waals surface area (Å²) in [6.07, 6.45) is 3.09. The molecule has 0 radical (unpaired) electrons. The molecular formula is C12H16N2O3S. The molecule has 0 saturated heterocycles. The van der Waals surface area contributed by atoms with Crippen molar-refractivity contribution in [2.45, 2.75) is 13.8 Å². The van der Waals surface area contributed by atoms with Gasteiger partial charge >= 0.3 is 5.97 Å². The van der Waals surface area contributed by atoms with Crippen LogP contribution in [0.1, 0.15) is 21.6 Å². The van der Waals surface area contributed by atoms with Crippen LogP contribution in [0, 0.1) is 6.92 Å². The Morgan fingerprint density at radius 3 is 2.83 bits per heavy atom. The van der Waals surface area contributed by atoms with E-state index in [2.05, 4.69) is 11.6 Å². The first-order chi connectivity index (χ1) is 8.58. The first kappa shape index (κ1) is 14.4. The molecule has 0 unspecified atom stereocenters. The molecular weight excluding hydrogens is 252 g/mol. The minimum atomic E-state index is -0.422. The van der Waals surface area contributed by atoms with E-state index in [-0.39, 0.29) is 12.5 Å². The van der Waals surface area contributed by atoms with E-state index < -0.39 is 5.97 Å². The fourth-order valence-corrected chi connectivity index (χ4v) is 2.10. The molecule has 1 heterocycles. The van der Waals surface area contributed by atoms with E-state index in [0.29, 0.717) is 18.0 Å². The summed E-state index contributed by atoms with van der Waals surface area (Å²) in [5.74, 6) is -0.650. The molecule has 0 N–H and O–H groups in total. The van der Waals surface area contributed by atoms with Gasteiger partial charge in [0, 0.05) is 6.54 Å². The number of aromatic nitrogens is 1. The van der Waals surface area contributed by atoms with E-state index in [0.717, 1.165) is 5.01 Å². The van der Waals surface area contributed by atoms with Gasteiger partial charge in [0.2, 0.25) is 0 Å². The van der Waals surface area contributed by atoms with Crippen LogP contribution in [0.25, 0.3) is 0 Å². The SMILES string of the molecule is C=CCN(CC(=O)OCC)C(=O)c1cnc(C)s1. The molecule has 0 fully saturated rings. The quantitative estimate of drug-likeness (QED) is 0.581. The minimum Gasteiger partial charge on any atom is -0.465 e. The van der Waals surface area contributed by atoms with Crippen LogP contribution in [0.2, 0.25) is 0 Å². The summed E-state index contributed by atoms with van der Waals surface area (Å²) in [4.78, 5) is 29.5. The average molecular weight is 268 g/mol. The molecule has 5 nitrogen and oxygen atoms in total. The first-order valence-electron chi connectivity index (χ1n) is 5.56. The highest BCUT2D eigenvalue weighted by atomic mass is 32.1. The molecule has 1 aromatic heterocycles. The highest BCUT2D eigenvalue weighted by Gasteiger charge is 2.20. The van der Waals surface area contributed by atoms with Crippen molar-refractivity contribution in [3.8, 4) is 0 Å². The molecule has 0 bridgehead atoms. The maximum absolute atomic E-state index is 12.1. The molecule has 1 amide bonds. The summed E-state index contributed by atoms with van der Waals surface area (Å²) in [6, 6.07) is 0. The Bertz CT molecular complexity index is 442. The normalized spacial score (nSPS) is 9.89. The van der Waals surface area contributed by atoms with Crippen molar-refractivity contribution in [1.82, 2.24) is 9.88 Å². The molecule has 18 heavy (non-hydrogen) atoms. The van der Waals surface area contributed by atoms with Crippen LogP contribution in [0.4, 0.5) is 0 Å². The Balaban J connectivity index is 2.74. The van der Waals surface area contributed by atoms with Crippen molar-refractivity contribution < 1.29 is 14.3 Å². The van der Waals surface area contributed by atoms with E-state index in [9.17, 15) is 9.59 Å². The number of rotatable bonds is 6. The smallest absolute Gasteiger partial charge is 0.325 e. The van der Waals surface area contributed by atoms with Gasteiger partial charge in [0.15, 0.2) is 0 Å². The van der Waals surface area contributed by atoms with Crippen LogP contribution in [-0.4, -0.2) is 41.5 Å². The highest BCUT2D eigenvalue weighted by Crippen LogP contribution is 2.14. The van der Waals surface area contributed by atoms with Gasteiger partial charge in [0.25, 0.3) is 5.91 Å². The van der Waals surface area contributed by atoms with Gasteiger partial charge in [-0.25, -0.2) is 4.98 Å². The lowest BCUT2D eigenvalue weighted by Crippen LogP contribution is -2.36. The van der Waals surface area contributed by atoms with Gasteiger partial charge in [0.1, 0.15) is 11.4 Å². The van der Waals surface area contributed by atoms with Crippen LogP contribution in [0.3, 0.4) is 0 Å². The molecule has 6 heteroatoms. The number of aryl methyl sites for hydroxylation is 1. The lowest BCUT2D eigenvalue weighted by Gasteiger charge is -2.18. The molecule has 0 saturated carbocycles. The third kappa shape index (κ3) is 3.96. The third-order valence-electron chi connectivity index (χ3n) is 2.09. The number of hydrogen-bond acceptors (Lipinski definition) is 5.